The first-order chi connectivity index (χ1) is 12.0. The van der Waals surface area contributed by atoms with Gasteiger partial charge in [0.15, 0.2) is 6.20 Å². The molecule has 0 spiro atoms. The monoisotopic (exact) mass is 330 g/mol. The van der Waals surface area contributed by atoms with Gasteiger partial charge in [0.25, 0.3) is 0 Å². The van der Waals surface area contributed by atoms with Gasteiger partial charge in [0.05, 0.1) is 5.56 Å². The largest absolute Gasteiger partial charge is 0.455 e. The summed E-state index contributed by atoms with van der Waals surface area (Å²) in [5.74, 6) is 0.498. The van der Waals surface area contributed by atoms with E-state index in [0.29, 0.717) is 5.92 Å². The molecule has 0 saturated heterocycles. The minimum Gasteiger partial charge on any atom is -0.455 e. The lowest BCUT2D eigenvalue weighted by Crippen LogP contribution is -2.31. The van der Waals surface area contributed by atoms with Crippen LogP contribution in [-0.4, -0.2) is 0 Å². The molecule has 0 saturated carbocycles. The van der Waals surface area contributed by atoms with E-state index in [2.05, 4.69) is 88.0 Å². The number of benzene rings is 2. The first-order valence-electron chi connectivity index (χ1n) is 8.88. The molecule has 2 heteroatoms. The molecular weight excluding hydrogens is 306 g/mol. The third-order valence-corrected chi connectivity index (χ3v) is 5.10. The maximum absolute atomic E-state index is 6.34. The molecule has 0 aliphatic carbocycles. The van der Waals surface area contributed by atoms with Gasteiger partial charge >= 0.3 is 0 Å². The molecule has 0 N–H and O–H groups in total. The maximum atomic E-state index is 6.34. The highest BCUT2D eigenvalue weighted by atomic mass is 16.3. The van der Waals surface area contributed by atoms with Crippen LogP contribution in [-0.2, 0) is 7.05 Å². The van der Waals surface area contributed by atoms with E-state index in [1.54, 1.807) is 0 Å². The number of aryl methyl sites for hydroxylation is 3. The van der Waals surface area contributed by atoms with Crippen LogP contribution in [0.5, 0.6) is 0 Å². The molecule has 0 aliphatic rings. The Balaban J connectivity index is 2.09. The van der Waals surface area contributed by atoms with E-state index in [4.69, 9.17) is 4.42 Å². The second-order valence-corrected chi connectivity index (χ2v) is 7.35. The lowest BCUT2D eigenvalue weighted by Gasteiger charge is -2.09. The molecule has 2 heterocycles. The molecule has 0 fully saturated rings. The van der Waals surface area contributed by atoms with Crippen molar-refractivity contribution >= 4 is 21.9 Å². The fourth-order valence-corrected chi connectivity index (χ4v) is 3.56. The average molecular weight is 330 g/mol. The first-order valence-corrected chi connectivity index (χ1v) is 8.88. The van der Waals surface area contributed by atoms with E-state index >= 15 is 0 Å². The molecule has 25 heavy (non-hydrogen) atoms. The van der Waals surface area contributed by atoms with Gasteiger partial charge in [0.1, 0.15) is 18.2 Å². The van der Waals surface area contributed by atoms with Crippen molar-refractivity contribution in [2.24, 2.45) is 7.05 Å². The van der Waals surface area contributed by atoms with Crippen LogP contribution in [0, 0.1) is 13.8 Å². The van der Waals surface area contributed by atoms with Crippen molar-refractivity contribution in [3.8, 4) is 11.3 Å². The van der Waals surface area contributed by atoms with Crippen LogP contribution in [0.1, 0.15) is 36.5 Å². The summed E-state index contributed by atoms with van der Waals surface area (Å²) in [5.41, 5.74) is 8.14. The third-order valence-electron chi connectivity index (χ3n) is 5.10. The van der Waals surface area contributed by atoms with Gasteiger partial charge in [-0.15, -0.1) is 0 Å². The molecular formula is C23H24NO+. The van der Waals surface area contributed by atoms with Gasteiger partial charge in [0, 0.05) is 22.9 Å². The van der Waals surface area contributed by atoms with Gasteiger partial charge in [-0.05, 0) is 42.5 Å². The molecule has 2 aromatic carbocycles. The maximum Gasteiger partial charge on any atom is 0.216 e. The van der Waals surface area contributed by atoms with Crippen molar-refractivity contribution in [2.45, 2.75) is 33.6 Å². The minimum absolute atomic E-state index is 0.498. The second kappa shape index (κ2) is 5.73. The van der Waals surface area contributed by atoms with E-state index in [1.165, 1.54) is 38.7 Å². The van der Waals surface area contributed by atoms with Crippen molar-refractivity contribution in [1.82, 2.24) is 0 Å². The number of aromatic nitrogens is 1. The third kappa shape index (κ3) is 2.53. The number of rotatable bonds is 2. The molecule has 2 nitrogen and oxygen atoms in total. The highest BCUT2D eigenvalue weighted by Crippen LogP contribution is 2.37. The highest BCUT2D eigenvalue weighted by molar-refractivity contribution is 6.09. The zero-order valence-corrected chi connectivity index (χ0v) is 15.6. The van der Waals surface area contributed by atoms with Gasteiger partial charge in [-0.25, -0.2) is 4.57 Å². The summed E-state index contributed by atoms with van der Waals surface area (Å²) in [5, 5.41) is 2.37. The summed E-state index contributed by atoms with van der Waals surface area (Å²) in [4.78, 5) is 0. The van der Waals surface area contributed by atoms with Gasteiger partial charge in [-0.2, -0.15) is 0 Å². The number of fused-ring (bicyclic) bond motifs is 3. The fourth-order valence-electron chi connectivity index (χ4n) is 3.56. The highest BCUT2D eigenvalue weighted by Gasteiger charge is 2.21. The SMILES string of the molecule is Cc1ccc2c(c1)oc1c(-c3cc(C(C)C)cc[n+]3C)c(C)ccc12. The molecule has 126 valence electrons. The molecule has 0 atom stereocenters. The van der Waals surface area contributed by atoms with Gasteiger partial charge in [-0.3, -0.25) is 0 Å². The summed E-state index contributed by atoms with van der Waals surface area (Å²) in [7, 11) is 2.10. The molecule has 0 aliphatic heterocycles. The number of hydrogen-bond donors (Lipinski definition) is 0. The van der Waals surface area contributed by atoms with Crippen LogP contribution in [0.3, 0.4) is 0 Å². The summed E-state index contributed by atoms with van der Waals surface area (Å²) >= 11 is 0. The van der Waals surface area contributed by atoms with Crippen LogP contribution in [0.25, 0.3) is 33.2 Å². The molecule has 4 rings (SSSR count). The Morgan fingerprint density at radius 1 is 0.920 bits per heavy atom. The molecule has 0 radical (unpaired) electrons. The van der Waals surface area contributed by atoms with Crippen LogP contribution in [0.15, 0.2) is 53.1 Å². The predicted molar refractivity (Wildman–Crippen MR) is 104 cm³/mol. The average Bonchev–Trinajstić information content (AvgIpc) is 2.92. The Labute approximate surface area is 148 Å². The number of hydrogen-bond acceptors (Lipinski definition) is 1. The zero-order valence-electron chi connectivity index (χ0n) is 15.6. The lowest BCUT2D eigenvalue weighted by atomic mass is 9.97. The van der Waals surface area contributed by atoms with Crippen LogP contribution >= 0.6 is 0 Å². The molecule has 4 aromatic rings. The van der Waals surface area contributed by atoms with Crippen molar-refractivity contribution in [3.05, 3.63) is 65.4 Å². The van der Waals surface area contributed by atoms with Gasteiger partial charge < -0.3 is 4.42 Å². The van der Waals surface area contributed by atoms with E-state index < -0.39 is 0 Å². The molecule has 0 unspecified atom stereocenters. The molecule has 0 bridgehead atoms. The predicted octanol–water partition coefficient (Wildman–Crippen LogP) is 5.82. The number of nitrogens with zero attached hydrogens (tertiary/aromatic N) is 1. The first kappa shape index (κ1) is 15.9. The quantitative estimate of drug-likeness (QED) is 0.423. The zero-order chi connectivity index (χ0) is 17.7. The summed E-state index contributed by atoms with van der Waals surface area (Å²) in [6, 6.07) is 15.3. The Morgan fingerprint density at radius 3 is 2.44 bits per heavy atom. The smallest absolute Gasteiger partial charge is 0.216 e. The van der Waals surface area contributed by atoms with Gasteiger partial charge in [-0.1, -0.05) is 38.1 Å². The van der Waals surface area contributed by atoms with Crippen molar-refractivity contribution < 1.29 is 8.98 Å². The normalized spacial score (nSPS) is 11.8. The van der Waals surface area contributed by atoms with E-state index in [1.807, 2.05) is 0 Å². The van der Waals surface area contributed by atoms with E-state index in [9.17, 15) is 0 Å². The Morgan fingerprint density at radius 2 is 1.68 bits per heavy atom. The van der Waals surface area contributed by atoms with Crippen molar-refractivity contribution in [3.63, 3.8) is 0 Å². The van der Waals surface area contributed by atoms with Crippen LogP contribution in [0.2, 0.25) is 0 Å². The topological polar surface area (TPSA) is 17.0 Å². The number of furan rings is 1. The Hall–Kier alpha value is -2.61. The molecule has 2 aromatic heterocycles. The minimum atomic E-state index is 0.498. The fraction of sp³-hybridized carbons (Fsp3) is 0.261. The summed E-state index contributed by atoms with van der Waals surface area (Å²) in [6.45, 7) is 8.73. The summed E-state index contributed by atoms with van der Waals surface area (Å²) < 4.78 is 8.53. The Kier molecular flexibility index (Phi) is 3.64. The second-order valence-electron chi connectivity index (χ2n) is 7.35. The lowest BCUT2D eigenvalue weighted by molar-refractivity contribution is -0.660. The van der Waals surface area contributed by atoms with Crippen molar-refractivity contribution in [2.75, 3.05) is 0 Å². The van der Waals surface area contributed by atoms with Crippen LogP contribution in [0.4, 0.5) is 0 Å². The van der Waals surface area contributed by atoms with E-state index in [0.717, 1.165) is 11.2 Å². The summed E-state index contributed by atoms with van der Waals surface area (Å²) in [6.07, 6.45) is 2.15. The standard InChI is InChI=1S/C23H24NO/c1-14(2)17-10-11-24(5)20(13-17)22-16(4)7-9-19-18-8-6-15(3)12-21(18)25-23(19)22/h6-14H,1-5H3/q+1. The molecule has 0 amide bonds. The van der Waals surface area contributed by atoms with Crippen molar-refractivity contribution in [1.29, 1.82) is 0 Å². The number of pyridine rings is 1. The van der Waals surface area contributed by atoms with Gasteiger partial charge in [0.2, 0.25) is 5.69 Å². The van der Waals surface area contributed by atoms with E-state index in [-0.39, 0.29) is 0 Å². The Bertz CT molecular complexity index is 1100. The van der Waals surface area contributed by atoms with Crippen LogP contribution < -0.4 is 4.57 Å².